The minimum atomic E-state index is -0.386. The summed E-state index contributed by atoms with van der Waals surface area (Å²) in [4.78, 5) is 23.2. The van der Waals surface area contributed by atoms with Crippen LogP contribution in [0.15, 0.2) is 0 Å². The summed E-state index contributed by atoms with van der Waals surface area (Å²) < 4.78 is 0. The van der Waals surface area contributed by atoms with E-state index in [9.17, 15) is 9.59 Å². The van der Waals surface area contributed by atoms with Crippen molar-refractivity contribution in [2.45, 2.75) is 46.1 Å². The molecule has 1 fully saturated rings. The molecule has 3 N–H and O–H groups in total. The van der Waals surface area contributed by atoms with Crippen molar-refractivity contribution >= 4 is 17.5 Å². The average Bonchev–Trinajstić information content (AvgIpc) is 2.68. The molecule has 1 aliphatic rings. The number of amides is 2. The van der Waals surface area contributed by atoms with Crippen molar-refractivity contribution in [3.05, 3.63) is 0 Å². The second kappa shape index (κ2) is 5.40. The second-order valence-electron chi connectivity index (χ2n) is 5.47. The fourth-order valence-electron chi connectivity index (χ4n) is 1.60. The van der Waals surface area contributed by atoms with Gasteiger partial charge < -0.3 is 10.7 Å². The van der Waals surface area contributed by atoms with Crippen molar-refractivity contribution in [3.63, 3.8) is 0 Å². The summed E-state index contributed by atoms with van der Waals surface area (Å²) in [5.74, 6) is -0.655. The van der Waals surface area contributed by atoms with Crippen LogP contribution in [0.3, 0.4) is 0 Å². The predicted octanol–water partition coefficient (Wildman–Crippen LogP) is 0.837. The first-order chi connectivity index (χ1) is 7.80. The van der Waals surface area contributed by atoms with E-state index in [-0.39, 0.29) is 29.7 Å². The Morgan fingerprint density at radius 3 is 2.53 bits per heavy atom. The Morgan fingerprint density at radius 1 is 1.41 bits per heavy atom. The zero-order valence-corrected chi connectivity index (χ0v) is 10.7. The SMILES string of the molecule is CC(C)(C)C(=N)CC(=O)NC(=O)C1CCCN1. The van der Waals surface area contributed by atoms with Crippen LogP contribution in [0.1, 0.15) is 40.0 Å². The zero-order chi connectivity index (χ0) is 13.1. The molecule has 0 saturated carbocycles. The van der Waals surface area contributed by atoms with Crippen molar-refractivity contribution < 1.29 is 9.59 Å². The van der Waals surface area contributed by atoms with Gasteiger partial charge in [-0.3, -0.25) is 14.9 Å². The summed E-state index contributed by atoms with van der Waals surface area (Å²) in [5.41, 5.74) is 0.00797. The minimum absolute atomic E-state index is 0.0119. The molecule has 0 radical (unpaired) electrons. The van der Waals surface area contributed by atoms with Gasteiger partial charge in [-0.05, 0) is 19.4 Å². The third kappa shape index (κ3) is 4.26. The van der Waals surface area contributed by atoms with Crippen molar-refractivity contribution in [1.82, 2.24) is 10.6 Å². The van der Waals surface area contributed by atoms with Crippen LogP contribution in [0.25, 0.3) is 0 Å². The minimum Gasteiger partial charge on any atom is -0.309 e. The van der Waals surface area contributed by atoms with E-state index in [1.807, 2.05) is 20.8 Å². The molecule has 1 aliphatic heterocycles. The van der Waals surface area contributed by atoms with Crippen LogP contribution in [0.4, 0.5) is 0 Å². The first-order valence-corrected chi connectivity index (χ1v) is 5.95. The van der Waals surface area contributed by atoms with Crippen LogP contribution in [0, 0.1) is 10.8 Å². The van der Waals surface area contributed by atoms with E-state index in [0.717, 1.165) is 19.4 Å². The van der Waals surface area contributed by atoms with Gasteiger partial charge in [0.2, 0.25) is 11.8 Å². The van der Waals surface area contributed by atoms with Crippen LogP contribution in [0.5, 0.6) is 0 Å². The first kappa shape index (κ1) is 13.8. The Labute approximate surface area is 102 Å². The van der Waals surface area contributed by atoms with Gasteiger partial charge in [0.05, 0.1) is 12.5 Å². The lowest BCUT2D eigenvalue weighted by Gasteiger charge is -2.19. The van der Waals surface area contributed by atoms with E-state index >= 15 is 0 Å². The fraction of sp³-hybridized carbons (Fsp3) is 0.750. The standard InChI is InChI=1S/C12H21N3O2/c1-12(2,3)9(13)7-10(16)15-11(17)8-5-4-6-14-8/h8,13-14H,4-7H2,1-3H3,(H,15,16,17). The molecule has 1 saturated heterocycles. The van der Waals surface area contributed by atoms with E-state index in [2.05, 4.69) is 10.6 Å². The van der Waals surface area contributed by atoms with E-state index in [4.69, 9.17) is 5.41 Å². The lowest BCUT2D eigenvalue weighted by Crippen LogP contribution is -2.44. The number of hydrogen-bond donors (Lipinski definition) is 3. The highest BCUT2D eigenvalue weighted by molar-refractivity contribution is 6.07. The summed E-state index contributed by atoms with van der Waals surface area (Å²) >= 11 is 0. The third-order valence-corrected chi connectivity index (χ3v) is 2.88. The number of rotatable bonds is 3. The summed E-state index contributed by atoms with van der Waals surface area (Å²) in [5, 5.41) is 13.1. The van der Waals surface area contributed by atoms with Crippen LogP contribution in [-0.4, -0.2) is 30.1 Å². The molecule has 5 nitrogen and oxygen atoms in total. The molecule has 0 aromatic heterocycles. The molecular weight excluding hydrogens is 218 g/mol. The molecule has 17 heavy (non-hydrogen) atoms. The molecule has 1 unspecified atom stereocenters. The maximum absolute atomic E-state index is 11.6. The molecule has 1 atom stereocenters. The maximum Gasteiger partial charge on any atom is 0.243 e. The number of imide groups is 1. The molecule has 1 rings (SSSR count). The highest BCUT2D eigenvalue weighted by Crippen LogP contribution is 2.16. The number of carbonyl (C=O) groups is 2. The second-order valence-corrected chi connectivity index (χ2v) is 5.47. The van der Waals surface area contributed by atoms with Gasteiger partial charge in [-0.15, -0.1) is 0 Å². The van der Waals surface area contributed by atoms with Crippen LogP contribution in [0.2, 0.25) is 0 Å². The van der Waals surface area contributed by atoms with Gasteiger partial charge >= 0.3 is 0 Å². The lowest BCUT2D eigenvalue weighted by atomic mass is 9.88. The van der Waals surface area contributed by atoms with Crippen molar-refractivity contribution in [3.8, 4) is 0 Å². The van der Waals surface area contributed by atoms with E-state index < -0.39 is 0 Å². The molecule has 0 spiro atoms. The van der Waals surface area contributed by atoms with Gasteiger partial charge in [-0.1, -0.05) is 20.8 Å². The normalized spacial score (nSPS) is 20.1. The molecule has 0 bridgehead atoms. The third-order valence-electron chi connectivity index (χ3n) is 2.88. The maximum atomic E-state index is 11.6. The molecule has 2 amide bonds. The molecule has 0 aromatic carbocycles. The Balaban J connectivity index is 2.39. The molecule has 96 valence electrons. The number of carbonyl (C=O) groups excluding carboxylic acids is 2. The predicted molar refractivity (Wildman–Crippen MR) is 66.0 cm³/mol. The Hall–Kier alpha value is -1.23. The zero-order valence-electron chi connectivity index (χ0n) is 10.7. The average molecular weight is 239 g/mol. The van der Waals surface area contributed by atoms with Gasteiger partial charge in [-0.2, -0.15) is 0 Å². The summed E-state index contributed by atoms with van der Waals surface area (Å²) in [6, 6.07) is -0.247. The highest BCUT2D eigenvalue weighted by Gasteiger charge is 2.25. The van der Waals surface area contributed by atoms with Gasteiger partial charge in [0.15, 0.2) is 0 Å². The van der Waals surface area contributed by atoms with Gasteiger partial charge in [0, 0.05) is 11.1 Å². The molecule has 1 heterocycles. The summed E-state index contributed by atoms with van der Waals surface area (Å²) in [7, 11) is 0. The van der Waals surface area contributed by atoms with E-state index in [0.29, 0.717) is 5.71 Å². The Kier molecular flexibility index (Phi) is 4.40. The fourth-order valence-corrected chi connectivity index (χ4v) is 1.60. The quantitative estimate of drug-likeness (QED) is 0.638. The molecule has 0 aliphatic carbocycles. The highest BCUT2D eigenvalue weighted by atomic mass is 16.2. The van der Waals surface area contributed by atoms with E-state index in [1.165, 1.54) is 0 Å². The van der Waals surface area contributed by atoms with Gasteiger partial charge in [0.25, 0.3) is 0 Å². The number of nitrogens with one attached hydrogen (secondary N) is 3. The van der Waals surface area contributed by atoms with Crippen LogP contribution in [-0.2, 0) is 9.59 Å². The Morgan fingerprint density at radius 2 is 2.06 bits per heavy atom. The van der Waals surface area contributed by atoms with Gasteiger partial charge in [0.1, 0.15) is 0 Å². The number of hydrogen-bond acceptors (Lipinski definition) is 4. The van der Waals surface area contributed by atoms with Crippen molar-refractivity contribution in [2.75, 3.05) is 6.54 Å². The lowest BCUT2D eigenvalue weighted by molar-refractivity contribution is -0.130. The molecular formula is C12H21N3O2. The Bertz CT molecular complexity index is 325. The largest absolute Gasteiger partial charge is 0.309 e. The van der Waals surface area contributed by atoms with Crippen LogP contribution < -0.4 is 10.6 Å². The van der Waals surface area contributed by atoms with Crippen molar-refractivity contribution in [1.29, 1.82) is 5.41 Å². The summed E-state index contributed by atoms with van der Waals surface area (Å²) in [6.07, 6.45) is 1.72. The molecule has 5 heteroatoms. The smallest absolute Gasteiger partial charge is 0.243 e. The van der Waals surface area contributed by atoms with Crippen molar-refractivity contribution in [2.24, 2.45) is 5.41 Å². The first-order valence-electron chi connectivity index (χ1n) is 5.95. The topological polar surface area (TPSA) is 82.1 Å². The molecule has 0 aromatic rings. The van der Waals surface area contributed by atoms with Gasteiger partial charge in [-0.25, -0.2) is 0 Å². The monoisotopic (exact) mass is 239 g/mol. The summed E-state index contributed by atoms with van der Waals surface area (Å²) in [6.45, 7) is 6.46. The van der Waals surface area contributed by atoms with Crippen LogP contribution >= 0.6 is 0 Å². The van der Waals surface area contributed by atoms with E-state index in [1.54, 1.807) is 0 Å².